The molecule has 0 amide bonds. The molecule has 0 saturated carbocycles. The largest absolute Gasteiger partial charge is 0.486 e. The van der Waals surface area contributed by atoms with Gasteiger partial charge in [-0.15, -0.1) is 0 Å². The Hall–Kier alpha value is -2.36. The summed E-state index contributed by atoms with van der Waals surface area (Å²) in [6, 6.07) is 13.5. The van der Waals surface area contributed by atoms with Crippen LogP contribution >= 0.6 is 11.6 Å². The SMILES string of the molecule is [N-]=[N+]=NC[C@@H]1CNc2cccc(-c3ccccc3Cl)c2O1. The molecule has 1 heterocycles. The van der Waals surface area contributed by atoms with E-state index in [0.29, 0.717) is 18.1 Å². The van der Waals surface area contributed by atoms with Gasteiger partial charge in [-0.1, -0.05) is 47.0 Å². The summed E-state index contributed by atoms with van der Waals surface area (Å²) in [6.07, 6.45) is -0.183. The van der Waals surface area contributed by atoms with Gasteiger partial charge in [0, 0.05) is 21.1 Å². The van der Waals surface area contributed by atoms with Crippen LogP contribution in [0.4, 0.5) is 5.69 Å². The van der Waals surface area contributed by atoms with E-state index in [9.17, 15) is 0 Å². The lowest BCUT2D eigenvalue weighted by molar-refractivity contribution is 0.215. The molecule has 21 heavy (non-hydrogen) atoms. The first-order valence-electron chi connectivity index (χ1n) is 6.59. The number of halogens is 1. The second kappa shape index (κ2) is 5.95. The number of rotatable bonds is 3. The molecule has 0 saturated heterocycles. The fourth-order valence-corrected chi connectivity index (χ4v) is 2.59. The monoisotopic (exact) mass is 300 g/mol. The van der Waals surface area contributed by atoms with Crippen LogP contribution in [0, 0.1) is 0 Å². The number of hydrogen-bond donors (Lipinski definition) is 1. The third-order valence-electron chi connectivity index (χ3n) is 3.33. The lowest BCUT2D eigenvalue weighted by Gasteiger charge is -2.28. The summed E-state index contributed by atoms with van der Waals surface area (Å²) < 4.78 is 5.99. The molecule has 0 bridgehead atoms. The van der Waals surface area contributed by atoms with Gasteiger partial charge in [0.2, 0.25) is 0 Å². The molecule has 0 spiro atoms. The molecule has 2 aromatic rings. The van der Waals surface area contributed by atoms with Crippen molar-refractivity contribution < 1.29 is 4.74 Å². The molecule has 0 aliphatic carbocycles. The average molecular weight is 301 g/mol. The standard InChI is InChI=1S/C15H13ClN4O/c16-13-6-2-1-4-11(13)12-5-3-7-14-15(12)21-10(8-18-14)9-19-20-17/h1-7,10,18H,8-9H2/t10-/m0/s1. The zero-order valence-corrected chi connectivity index (χ0v) is 11.9. The van der Waals surface area contributed by atoms with Gasteiger partial charge in [-0.2, -0.15) is 0 Å². The zero-order valence-electron chi connectivity index (χ0n) is 11.2. The first-order chi connectivity index (χ1) is 10.3. The molecule has 1 aliphatic rings. The molecule has 1 aliphatic heterocycles. The van der Waals surface area contributed by atoms with Crippen LogP contribution in [-0.2, 0) is 0 Å². The van der Waals surface area contributed by atoms with E-state index in [4.69, 9.17) is 21.9 Å². The van der Waals surface area contributed by atoms with Crippen LogP contribution in [0.5, 0.6) is 5.75 Å². The van der Waals surface area contributed by atoms with Crippen molar-refractivity contribution in [3.8, 4) is 16.9 Å². The molecule has 5 nitrogen and oxygen atoms in total. The summed E-state index contributed by atoms with van der Waals surface area (Å²) in [5.41, 5.74) is 11.2. The molecule has 2 aromatic carbocycles. The number of nitrogens with one attached hydrogen (secondary N) is 1. The first-order valence-corrected chi connectivity index (χ1v) is 6.96. The van der Waals surface area contributed by atoms with Crippen LogP contribution < -0.4 is 10.1 Å². The lowest BCUT2D eigenvalue weighted by atomic mass is 10.0. The second-order valence-electron chi connectivity index (χ2n) is 4.70. The van der Waals surface area contributed by atoms with E-state index in [1.807, 2.05) is 42.5 Å². The number of fused-ring (bicyclic) bond motifs is 1. The summed E-state index contributed by atoms with van der Waals surface area (Å²) in [6.45, 7) is 0.901. The maximum Gasteiger partial charge on any atom is 0.150 e. The van der Waals surface area contributed by atoms with Crippen LogP contribution in [-0.4, -0.2) is 19.2 Å². The Labute approximate surface area is 127 Å². The highest BCUT2D eigenvalue weighted by Crippen LogP contribution is 2.41. The number of hydrogen-bond acceptors (Lipinski definition) is 3. The first kappa shape index (κ1) is 13.6. The number of ether oxygens (including phenoxy) is 1. The number of para-hydroxylation sites is 1. The molecule has 0 aromatic heterocycles. The molecule has 1 atom stereocenters. The van der Waals surface area contributed by atoms with Crippen LogP contribution in [0.3, 0.4) is 0 Å². The van der Waals surface area contributed by atoms with Gasteiger partial charge in [-0.3, -0.25) is 0 Å². The Morgan fingerprint density at radius 2 is 2.05 bits per heavy atom. The van der Waals surface area contributed by atoms with Gasteiger partial charge >= 0.3 is 0 Å². The van der Waals surface area contributed by atoms with E-state index >= 15 is 0 Å². The molecular weight excluding hydrogens is 288 g/mol. The van der Waals surface area contributed by atoms with Crippen molar-refractivity contribution in [1.82, 2.24) is 0 Å². The lowest BCUT2D eigenvalue weighted by Crippen LogP contribution is -2.33. The number of benzene rings is 2. The second-order valence-corrected chi connectivity index (χ2v) is 5.10. The Balaban J connectivity index is 2.01. The van der Waals surface area contributed by atoms with Crippen molar-refractivity contribution in [3.63, 3.8) is 0 Å². The Bertz CT molecular complexity index is 713. The summed E-state index contributed by atoms with van der Waals surface area (Å²) in [7, 11) is 0. The van der Waals surface area contributed by atoms with E-state index < -0.39 is 0 Å². The summed E-state index contributed by atoms with van der Waals surface area (Å²) in [5.74, 6) is 0.745. The molecule has 0 radical (unpaired) electrons. The Kier molecular flexibility index (Phi) is 3.86. The number of azide groups is 1. The molecule has 0 fully saturated rings. The van der Waals surface area contributed by atoms with Crippen molar-refractivity contribution in [2.45, 2.75) is 6.10 Å². The topological polar surface area (TPSA) is 70.0 Å². The maximum absolute atomic E-state index is 8.43. The molecular formula is C15H13ClN4O. The number of anilines is 1. The van der Waals surface area contributed by atoms with Crippen molar-refractivity contribution >= 4 is 17.3 Å². The van der Waals surface area contributed by atoms with Crippen LogP contribution in [0.2, 0.25) is 5.02 Å². The van der Waals surface area contributed by atoms with Gasteiger partial charge in [0.15, 0.2) is 5.75 Å². The summed E-state index contributed by atoms with van der Waals surface area (Å²) in [4.78, 5) is 2.78. The van der Waals surface area contributed by atoms with Crippen LogP contribution in [0.25, 0.3) is 21.6 Å². The molecule has 1 N–H and O–H groups in total. The van der Waals surface area contributed by atoms with Gasteiger partial charge in [0.05, 0.1) is 18.8 Å². The number of nitrogens with zero attached hydrogens (tertiary/aromatic N) is 3. The highest BCUT2D eigenvalue weighted by atomic mass is 35.5. The predicted molar refractivity (Wildman–Crippen MR) is 83.8 cm³/mol. The fraction of sp³-hybridized carbons (Fsp3) is 0.200. The van der Waals surface area contributed by atoms with Gasteiger partial charge in [0.1, 0.15) is 6.10 Å². The third-order valence-corrected chi connectivity index (χ3v) is 3.66. The van der Waals surface area contributed by atoms with E-state index in [2.05, 4.69) is 15.3 Å². The maximum atomic E-state index is 8.43. The van der Waals surface area contributed by atoms with E-state index in [1.165, 1.54) is 0 Å². The van der Waals surface area contributed by atoms with Crippen molar-refractivity contribution in [2.24, 2.45) is 5.11 Å². The zero-order chi connectivity index (χ0) is 14.7. The van der Waals surface area contributed by atoms with Crippen molar-refractivity contribution in [1.29, 1.82) is 0 Å². The summed E-state index contributed by atoms with van der Waals surface area (Å²) >= 11 is 6.28. The van der Waals surface area contributed by atoms with Crippen molar-refractivity contribution in [2.75, 3.05) is 18.4 Å². The molecule has 0 unspecified atom stereocenters. The minimum absolute atomic E-state index is 0.183. The fourth-order valence-electron chi connectivity index (χ4n) is 2.36. The van der Waals surface area contributed by atoms with Crippen molar-refractivity contribution in [3.05, 3.63) is 57.9 Å². The predicted octanol–water partition coefficient (Wildman–Crippen LogP) is 4.49. The van der Waals surface area contributed by atoms with Crippen LogP contribution in [0.1, 0.15) is 0 Å². The molecule has 3 rings (SSSR count). The highest BCUT2D eigenvalue weighted by molar-refractivity contribution is 6.33. The third kappa shape index (κ3) is 2.75. The summed E-state index contributed by atoms with van der Waals surface area (Å²) in [5, 5.41) is 7.55. The average Bonchev–Trinajstić information content (AvgIpc) is 2.53. The van der Waals surface area contributed by atoms with E-state index in [1.54, 1.807) is 0 Å². The normalized spacial score (nSPS) is 16.1. The van der Waals surface area contributed by atoms with Gasteiger partial charge in [-0.25, -0.2) is 0 Å². The molecule has 106 valence electrons. The minimum Gasteiger partial charge on any atom is -0.486 e. The molecule has 6 heteroatoms. The van der Waals surface area contributed by atoms with Gasteiger partial charge in [-0.05, 0) is 17.7 Å². The minimum atomic E-state index is -0.183. The smallest absolute Gasteiger partial charge is 0.150 e. The van der Waals surface area contributed by atoms with E-state index in [-0.39, 0.29) is 6.10 Å². The van der Waals surface area contributed by atoms with Gasteiger partial charge in [0.25, 0.3) is 0 Å². The Morgan fingerprint density at radius 1 is 1.24 bits per heavy atom. The quantitative estimate of drug-likeness (QED) is 0.515. The van der Waals surface area contributed by atoms with Crippen LogP contribution in [0.15, 0.2) is 47.6 Å². The van der Waals surface area contributed by atoms with Gasteiger partial charge < -0.3 is 10.1 Å². The van der Waals surface area contributed by atoms with E-state index in [0.717, 1.165) is 22.6 Å². The Morgan fingerprint density at radius 3 is 2.86 bits per heavy atom. The highest BCUT2D eigenvalue weighted by Gasteiger charge is 2.22.